The summed E-state index contributed by atoms with van der Waals surface area (Å²) in [5.74, 6) is 0.658. The molecule has 4 nitrogen and oxygen atoms in total. The minimum Gasteiger partial charge on any atom is -0.309 e. The van der Waals surface area contributed by atoms with E-state index in [9.17, 15) is 0 Å². The molecule has 3 aromatic heterocycles. The lowest BCUT2D eigenvalue weighted by atomic mass is 9.82. The van der Waals surface area contributed by atoms with Gasteiger partial charge >= 0.3 is 0 Å². The molecule has 4 heteroatoms. The van der Waals surface area contributed by atoms with Crippen LogP contribution in [0.1, 0.15) is 25.0 Å². The largest absolute Gasteiger partial charge is 0.309 e. The quantitative estimate of drug-likeness (QED) is 0.181. The molecule has 0 saturated heterocycles. The molecule has 3 heterocycles. The van der Waals surface area contributed by atoms with Crippen LogP contribution in [0.2, 0.25) is 0 Å². The van der Waals surface area contributed by atoms with E-state index in [1.54, 1.807) is 0 Å². The summed E-state index contributed by atoms with van der Waals surface area (Å²) in [6.45, 7) is 4.70. The molecule has 0 fully saturated rings. The van der Waals surface area contributed by atoms with Crippen molar-refractivity contribution in [3.05, 3.63) is 193 Å². The topological polar surface area (TPSA) is 35.6 Å². The maximum Gasteiger partial charge on any atom is 0.235 e. The van der Waals surface area contributed by atoms with Gasteiger partial charge in [0, 0.05) is 49.2 Å². The van der Waals surface area contributed by atoms with Crippen molar-refractivity contribution >= 4 is 54.5 Å². The van der Waals surface area contributed by atoms with Crippen LogP contribution >= 0.6 is 0 Å². The van der Waals surface area contributed by atoms with Gasteiger partial charge in [-0.15, -0.1) is 0 Å². The molecule has 0 saturated carbocycles. The van der Waals surface area contributed by atoms with Crippen LogP contribution < -0.4 is 0 Å². The molecule has 1 aliphatic carbocycles. The number of fused-ring (bicyclic) bond motifs is 11. The highest BCUT2D eigenvalue weighted by Gasteiger charge is 2.38. The molecule has 0 unspecified atom stereocenters. The number of rotatable bonds is 4. The second-order valence-corrected chi connectivity index (χ2v) is 15.8. The zero-order valence-electron chi connectivity index (χ0n) is 31.6. The lowest BCUT2D eigenvalue weighted by Crippen LogP contribution is -2.14. The molecular formula is C53H36N4. The highest BCUT2D eigenvalue weighted by atomic mass is 15.2. The summed E-state index contributed by atoms with van der Waals surface area (Å²) in [4.78, 5) is 11.0. The van der Waals surface area contributed by atoms with E-state index in [-0.39, 0.29) is 5.41 Å². The number of aromatic nitrogens is 4. The molecule has 0 bridgehead atoms. The Hall–Kier alpha value is -7.30. The van der Waals surface area contributed by atoms with Crippen molar-refractivity contribution in [2.24, 2.45) is 0 Å². The van der Waals surface area contributed by atoms with E-state index < -0.39 is 0 Å². The first-order valence-electron chi connectivity index (χ1n) is 19.7. The zero-order chi connectivity index (χ0) is 37.8. The Kier molecular flexibility index (Phi) is 6.65. The third-order valence-electron chi connectivity index (χ3n) is 12.4. The normalized spacial score (nSPS) is 13.2. The van der Waals surface area contributed by atoms with Crippen LogP contribution in [0.25, 0.3) is 99.7 Å². The van der Waals surface area contributed by atoms with Crippen LogP contribution in [0, 0.1) is 0 Å². The van der Waals surface area contributed by atoms with Crippen molar-refractivity contribution in [1.29, 1.82) is 0 Å². The molecule has 0 atom stereocenters. The third kappa shape index (κ3) is 4.55. The van der Waals surface area contributed by atoms with E-state index in [1.165, 1.54) is 66.0 Å². The molecule has 0 radical (unpaired) electrons. The molecular weight excluding hydrogens is 693 g/mol. The molecule has 57 heavy (non-hydrogen) atoms. The summed E-state index contributed by atoms with van der Waals surface area (Å²) in [6, 6.07) is 65.7. The second-order valence-electron chi connectivity index (χ2n) is 15.8. The molecule has 12 rings (SSSR count). The monoisotopic (exact) mass is 728 g/mol. The van der Waals surface area contributed by atoms with E-state index in [0.717, 1.165) is 38.9 Å². The molecule has 0 amide bonds. The smallest absolute Gasteiger partial charge is 0.235 e. The number of benzene rings is 8. The van der Waals surface area contributed by atoms with Gasteiger partial charge in [0.2, 0.25) is 5.95 Å². The van der Waals surface area contributed by atoms with Gasteiger partial charge in [0.25, 0.3) is 0 Å². The SMILES string of the molecule is CC1(C)c2ccccc2-c2c1ccc1c3ccc(-n4c5ccccc5c5ccccc54)cc3n(-c3nc(-c4ccc(-c5ccccc5)cc4)c4ccccc4n3)c21. The van der Waals surface area contributed by atoms with Gasteiger partial charge in [-0.25, -0.2) is 9.97 Å². The lowest BCUT2D eigenvalue weighted by Gasteiger charge is -2.21. The Morgan fingerprint density at radius 2 is 1.02 bits per heavy atom. The van der Waals surface area contributed by atoms with Gasteiger partial charge < -0.3 is 4.57 Å². The van der Waals surface area contributed by atoms with Gasteiger partial charge in [-0.1, -0.05) is 166 Å². The first kappa shape index (κ1) is 32.0. The summed E-state index contributed by atoms with van der Waals surface area (Å²) in [5, 5.41) is 5.87. The predicted octanol–water partition coefficient (Wildman–Crippen LogP) is 13.5. The van der Waals surface area contributed by atoms with Crippen LogP contribution in [0.5, 0.6) is 0 Å². The Balaban J connectivity index is 1.19. The van der Waals surface area contributed by atoms with Crippen LogP contribution in [0.4, 0.5) is 0 Å². The predicted molar refractivity (Wildman–Crippen MR) is 237 cm³/mol. The van der Waals surface area contributed by atoms with E-state index in [1.807, 2.05) is 0 Å². The van der Waals surface area contributed by atoms with Crippen molar-refractivity contribution in [3.63, 3.8) is 0 Å². The Bertz CT molecular complexity index is 3370. The van der Waals surface area contributed by atoms with Crippen molar-refractivity contribution in [2.45, 2.75) is 19.3 Å². The van der Waals surface area contributed by atoms with Crippen LogP contribution in [-0.2, 0) is 5.41 Å². The van der Waals surface area contributed by atoms with Gasteiger partial charge in [0.1, 0.15) is 0 Å². The number of para-hydroxylation sites is 3. The molecule has 1 aliphatic rings. The highest BCUT2D eigenvalue weighted by Crippen LogP contribution is 2.53. The lowest BCUT2D eigenvalue weighted by molar-refractivity contribution is 0.661. The van der Waals surface area contributed by atoms with Gasteiger partial charge in [0.15, 0.2) is 0 Å². The number of hydrogen-bond acceptors (Lipinski definition) is 2. The second kappa shape index (κ2) is 11.8. The minimum absolute atomic E-state index is 0.161. The number of hydrogen-bond donors (Lipinski definition) is 0. The summed E-state index contributed by atoms with van der Waals surface area (Å²) in [6.07, 6.45) is 0. The van der Waals surface area contributed by atoms with Crippen molar-refractivity contribution < 1.29 is 0 Å². The zero-order valence-corrected chi connectivity index (χ0v) is 31.6. The Labute approximate surface area is 329 Å². The fraction of sp³-hybridized carbons (Fsp3) is 0.0566. The van der Waals surface area contributed by atoms with Crippen molar-refractivity contribution in [1.82, 2.24) is 19.1 Å². The molecule has 8 aromatic carbocycles. The van der Waals surface area contributed by atoms with Crippen LogP contribution in [0.3, 0.4) is 0 Å². The molecule has 11 aromatic rings. The van der Waals surface area contributed by atoms with Gasteiger partial charge in [-0.05, 0) is 58.1 Å². The summed E-state index contributed by atoms with van der Waals surface area (Å²) in [5.41, 5.74) is 15.9. The maximum absolute atomic E-state index is 5.57. The maximum atomic E-state index is 5.57. The first-order valence-corrected chi connectivity index (χ1v) is 19.7. The van der Waals surface area contributed by atoms with E-state index in [4.69, 9.17) is 9.97 Å². The molecule has 268 valence electrons. The van der Waals surface area contributed by atoms with Crippen molar-refractivity contribution in [3.8, 4) is 45.1 Å². The minimum atomic E-state index is -0.161. The van der Waals surface area contributed by atoms with Gasteiger partial charge in [-0.2, -0.15) is 0 Å². The average molecular weight is 729 g/mol. The first-order chi connectivity index (χ1) is 28.0. The molecule has 0 N–H and O–H groups in total. The van der Waals surface area contributed by atoms with Crippen LogP contribution in [0.15, 0.2) is 182 Å². The van der Waals surface area contributed by atoms with E-state index in [2.05, 4.69) is 205 Å². The molecule has 0 spiro atoms. The molecule has 0 aliphatic heterocycles. The van der Waals surface area contributed by atoms with Gasteiger partial charge in [-0.3, -0.25) is 4.57 Å². The number of nitrogens with zero attached hydrogens (tertiary/aromatic N) is 4. The van der Waals surface area contributed by atoms with Crippen LogP contribution in [-0.4, -0.2) is 19.1 Å². The van der Waals surface area contributed by atoms with Gasteiger partial charge in [0.05, 0.1) is 33.3 Å². The third-order valence-corrected chi connectivity index (χ3v) is 12.4. The fourth-order valence-corrected chi connectivity index (χ4v) is 9.66. The summed E-state index contributed by atoms with van der Waals surface area (Å²) in [7, 11) is 0. The van der Waals surface area contributed by atoms with Crippen molar-refractivity contribution in [2.75, 3.05) is 0 Å². The van der Waals surface area contributed by atoms with E-state index in [0.29, 0.717) is 5.95 Å². The Morgan fingerprint density at radius 1 is 0.421 bits per heavy atom. The summed E-state index contributed by atoms with van der Waals surface area (Å²) < 4.78 is 4.75. The Morgan fingerprint density at radius 3 is 1.79 bits per heavy atom. The summed E-state index contributed by atoms with van der Waals surface area (Å²) >= 11 is 0. The average Bonchev–Trinajstić information content (AvgIpc) is 3.86. The fourth-order valence-electron chi connectivity index (χ4n) is 9.66. The highest BCUT2D eigenvalue weighted by molar-refractivity contribution is 6.16. The van der Waals surface area contributed by atoms with E-state index >= 15 is 0 Å². The standard InChI is InChI=1S/C53H36N4/c1-53(2)43-20-10-6-18-41(43)49-44(53)31-30-40-39-29-28-36(56-46-22-12-8-16-37(46)38-17-9-13-23-47(38)56)32-48(39)57(51(40)49)52-54-45-21-11-7-19-42(45)50(55-52)35-26-24-34(25-27-35)33-14-4-3-5-15-33/h3-32H,1-2H3.